The number of nitrogens with one attached hydrogen (secondary N) is 3. The van der Waals surface area contributed by atoms with E-state index in [2.05, 4.69) is 10.6 Å². The summed E-state index contributed by atoms with van der Waals surface area (Å²) in [6.45, 7) is 1.74. The van der Waals surface area contributed by atoms with Crippen LogP contribution in [0.4, 0.5) is 11.4 Å². The molecule has 0 aliphatic carbocycles. The normalized spacial score (nSPS) is 11.6. The number of methoxy groups -OCH3 is 2. The molecular formula is C40H47N5O10S2. The van der Waals surface area contributed by atoms with Gasteiger partial charge >= 0.3 is 0 Å². The number of nitro groups is 1. The minimum Gasteiger partial charge on any atom is -0.496 e. The summed E-state index contributed by atoms with van der Waals surface area (Å²) in [6, 6.07) is 23.9. The third kappa shape index (κ3) is 13.6. The zero-order chi connectivity index (χ0) is 41.4. The van der Waals surface area contributed by atoms with Gasteiger partial charge in [0.25, 0.3) is 21.6 Å². The average Bonchev–Trinajstić information content (AvgIpc) is 3.20. The Kier molecular flexibility index (Phi) is 16.8. The fraction of sp³-hybridized carbons (Fsp3) is 0.325. The highest BCUT2D eigenvalue weighted by Crippen LogP contribution is 2.32. The van der Waals surface area contributed by atoms with Crippen molar-refractivity contribution >= 4 is 50.9 Å². The highest BCUT2D eigenvalue weighted by Gasteiger charge is 2.26. The SMILES string of the molecule is COCCOCCNC(=O)CCc1ccc(-c2ccc(C(=O)NS(=O)(=O)c3ccc(N[C@@H](CSc4ccccc4)CC(=O)N(C)C)c([N+](=O)[O-])c3)cc2)c(OC)c1. The van der Waals surface area contributed by atoms with Gasteiger partial charge in [0.2, 0.25) is 11.8 Å². The molecule has 0 heterocycles. The van der Waals surface area contributed by atoms with Crippen molar-refractivity contribution in [3.63, 3.8) is 0 Å². The van der Waals surface area contributed by atoms with Gasteiger partial charge in [0.1, 0.15) is 11.4 Å². The van der Waals surface area contributed by atoms with Crippen molar-refractivity contribution in [1.82, 2.24) is 14.9 Å². The number of hydrogen-bond acceptors (Lipinski definition) is 12. The molecular weight excluding hydrogens is 775 g/mol. The number of anilines is 1. The molecule has 4 rings (SSSR count). The minimum absolute atomic E-state index is 0.0237. The Bertz CT molecular complexity index is 2100. The number of ether oxygens (including phenoxy) is 3. The first-order chi connectivity index (χ1) is 27.3. The van der Waals surface area contributed by atoms with Gasteiger partial charge in [0, 0.05) is 74.5 Å². The maximum Gasteiger partial charge on any atom is 0.293 e. The van der Waals surface area contributed by atoms with Crippen molar-refractivity contribution < 1.29 is 41.9 Å². The number of nitrogens with zero attached hydrogens (tertiary/aromatic N) is 2. The molecule has 0 aliphatic heterocycles. The minimum atomic E-state index is -4.54. The van der Waals surface area contributed by atoms with E-state index < -0.39 is 37.5 Å². The lowest BCUT2D eigenvalue weighted by atomic mass is 9.99. The standard InChI is InChI=1S/C40H47N5O10S2/c1-44(2)39(47)25-31(27-56-32-8-6-5-7-9-32)42-35-18-16-33(26-36(35)45(49)50)57(51,52)43-40(48)30-14-12-29(13-15-30)34-17-10-28(24-37(34)54-4)11-19-38(46)41-20-21-55-23-22-53-3/h5-10,12-18,24,26,31,42H,11,19-23,25,27H2,1-4H3,(H,41,46)(H,43,48)/t31-/m1/s1. The van der Waals surface area contributed by atoms with Crippen LogP contribution in [0.25, 0.3) is 11.1 Å². The van der Waals surface area contributed by atoms with Gasteiger partial charge in [-0.3, -0.25) is 24.5 Å². The third-order valence-electron chi connectivity index (χ3n) is 8.54. The molecule has 4 aromatic carbocycles. The van der Waals surface area contributed by atoms with Gasteiger partial charge in [0.15, 0.2) is 0 Å². The predicted octanol–water partition coefficient (Wildman–Crippen LogP) is 5.15. The number of rotatable bonds is 22. The zero-order valence-electron chi connectivity index (χ0n) is 32.2. The van der Waals surface area contributed by atoms with E-state index in [0.29, 0.717) is 55.4 Å². The molecule has 1 atom stereocenters. The molecule has 304 valence electrons. The van der Waals surface area contributed by atoms with E-state index >= 15 is 0 Å². The van der Waals surface area contributed by atoms with E-state index in [-0.39, 0.29) is 35.9 Å². The molecule has 3 N–H and O–H groups in total. The summed E-state index contributed by atoms with van der Waals surface area (Å²) in [7, 11) is 1.80. The lowest BCUT2D eigenvalue weighted by Crippen LogP contribution is -2.32. The smallest absolute Gasteiger partial charge is 0.293 e. The van der Waals surface area contributed by atoms with Crippen LogP contribution in [-0.4, -0.2) is 102 Å². The number of carbonyl (C=O) groups excluding carboxylic acids is 3. The van der Waals surface area contributed by atoms with Crippen LogP contribution in [0.2, 0.25) is 0 Å². The van der Waals surface area contributed by atoms with Gasteiger partial charge in [-0.25, -0.2) is 13.1 Å². The van der Waals surface area contributed by atoms with E-state index in [0.717, 1.165) is 22.6 Å². The molecule has 0 unspecified atom stereocenters. The van der Waals surface area contributed by atoms with E-state index in [1.54, 1.807) is 33.3 Å². The highest BCUT2D eigenvalue weighted by molar-refractivity contribution is 7.99. The average molecular weight is 822 g/mol. The summed E-state index contributed by atoms with van der Waals surface area (Å²) in [5.74, 6) is -0.301. The first-order valence-electron chi connectivity index (χ1n) is 17.9. The van der Waals surface area contributed by atoms with E-state index in [1.807, 2.05) is 53.3 Å². The van der Waals surface area contributed by atoms with Crippen molar-refractivity contribution in [2.24, 2.45) is 0 Å². The largest absolute Gasteiger partial charge is 0.496 e. The summed E-state index contributed by atoms with van der Waals surface area (Å²) in [4.78, 5) is 51.3. The molecule has 0 saturated carbocycles. The fourth-order valence-corrected chi connectivity index (χ4v) is 7.39. The van der Waals surface area contributed by atoms with Crippen molar-refractivity contribution in [3.05, 3.63) is 112 Å². The van der Waals surface area contributed by atoms with Crippen molar-refractivity contribution in [2.45, 2.75) is 35.1 Å². The Morgan fingerprint density at radius 2 is 1.65 bits per heavy atom. The Hall–Kier alpha value is -5.49. The third-order valence-corrected chi connectivity index (χ3v) is 11.0. The van der Waals surface area contributed by atoms with Gasteiger partial charge in [-0.2, -0.15) is 0 Å². The van der Waals surface area contributed by atoms with Crippen molar-refractivity contribution in [2.75, 3.05) is 65.7 Å². The molecule has 0 aromatic heterocycles. The quantitative estimate of drug-likeness (QED) is 0.0409. The molecule has 0 radical (unpaired) electrons. The number of aryl methyl sites for hydroxylation is 1. The van der Waals surface area contributed by atoms with Gasteiger partial charge in [-0.1, -0.05) is 42.5 Å². The Balaban J connectivity index is 1.41. The predicted molar refractivity (Wildman–Crippen MR) is 218 cm³/mol. The zero-order valence-corrected chi connectivity index (χ0v) is 33.8. The molecule has 0 fully saturated rings. The molecule has 57 heavy (non-hydrogen) atoms. The highest BCUT2D eigenvalue weighted by atomic mass is 32.2. The molecule has 0 spiro atoms. The number of benzene rings is 4. The Labute approximate surface area is 336 Å². The maximum absolute atomic E-state index is 13.3. The summed E-state index contributed by atoms with van der Waals surface area (Å²) in [6.07, 6.45) is 0.787. The summed E-state index contributed by atoms with van der Waals surface area (Å²) in [5.41, 5.74) is 1.81. The second-order valence-corrected chi connectivity index (χ2v) is 15.7. The Morgan fingerprint density at radius 1 is 0.912 bits per heavy atom. The van der Waals surface area contributed by atoms with Gasteiger partial charge < -0.3 is 29.7 Å². The lowest BCUT2D eigenvalue weighted by molar-refractivity contribution is -0.384. The molecule has 0 aliphatic rings. The van der Waals surface area contributed by atoms with Crippen LogP contribution in [-0.2, 0) is 35.5 Å². The van der Waals surface area contributed by atoms with Crippen LogP contribution in [0.1, 0.15) is 28.8 Å². The number of sulfonamides is 1. The monoisotopic (exact) mass is 821 g/mol. The molecule has 4 aromatic rings. The second-order valence-electron chi connectivity index (χ2n) is 12.9. The molecule has 17 heteroatoms. The van der Waals surface area contributed by atoms with Crippen LogP contribution < -0.4 is 20.1 Å². The number of amides is 3. The van der Waals surface area contributed by atoms with Gasteiger partial charge in [0.05, 0.1) is 36.7 Å². The van der Waals surface area contributed by atoms with Crippen molar-refractivity contribution in [3.8, 4) is 16.9 Å². The first-order valence-corrected chi connectivity index (χ1v) is 20.4. The second kappa shape index (κ2) is 21.7. The van der Waals surface area contributed by atoms with Crippen LogP contribution in [0.5, 0.6) is 5.75 Å². The molecule has 0 bridgehead atoms. The number of carbonyl (C=O) groups is 3. The number of hydrogen-bond donors (Lipinski definition) is 3. The van der Waals surface area contributed by atoms with E-state index in [4.69, 9.17) is 14.2 Å². The topological polar surface area (TPSA) is 196 Å². The first kappa shape index (κ1) is 44.2. The Morgan fingerprint density at radius 3 is 2.32 bits per heavy atom. The molecule has 15 nitrogen and oxygen atoms in total. The lowest BCUT2D eigenvalue weighted by Gasteiger charge is -2.21. The van der Waals surface area contributed by atoms with Crippen LogP contribution >= 0.6 is 11.8 Å². The maximum atomic E-state index is 13.3. The van der Waals surface area contributed by atoms with Crippen molar-refractivity contribution in [1.29, 1.82) is 0 Å². The fourth-order valence-electron chi connectivity index (χ4n) is 5.45. The summed E-state index contributed by atoms with van der Waals surface area (Å²) in [5, 5.41) is 18.0. The summed E-state index contributed by atoms with van der Waals surface area (Å²) < 4.78 is 44.5. The molecule has 3 amide bonds. The van der Waals surface area contributed by atoms with Gasteiger partial charge in [-0.15, -0.1) is 11.8 Å². The number of thioether (sulfide) groups is 1. The summed E-state index contributed by atoms with van der Waals surface area (Å²) >= 11 is 1.47. The molecule has 0 saturated heterocycles. The number of nitro benzene ring substituents is 1. The van der Waals surface area contributed by atoms with Crippen LogP contribution in [0.15, 0.2) is 101 Å². The van der Waals surface area contributed by atoms with Gasteiger partial charge in [-0.05, 0) is 60.0 Å². The van der Waals surface area contributed by atoms with Crippen LogP contribution in [0, 0.1) is 10.1 Å². The van der Waals surface area contributed by atoms with E-state index in [9.17, 15) is 32.9 Å². The van der Waals surface area contributed by atoms with E-state index in [1.165, 1.54) is 42.0 Å². The van der Waals surface area contributed by atoms with Crippen LogP contribution in [0.3, 0.4) is 0 Å².